The number of halogens is 1. The van der Waals surface area contributed by atoms with Crippen molar-refractivity contribution in [2.45, 2.75) is 13.5 Å². The van der Waals surface area contributed by atoms with Crippen molar-refractivity contribution in [2.24, 2.45) is 0 Å². The van der Waals surface area contributed by atoms with Gasteiger partial charge in [0.15, 0.2) is 5.65 Å². The lowest BCUT2D eigenvalue weighted by Gasteiger charge is -2.04. The molecular weight excluding hydrogens is 245 g/mol. The first-order valence-corrected chi connectivity index (χ1v) is 5.83. The van der Waals surface area contributed by atoms with Gasteiger partial charge in [-0.25, -0.2) is 19.0 Å². The van der Waals surface area contributed by atoms with Crippen molar-refractivity contribution < 1.29 is 4.39 Å². The number of benzene rings is 1. The monoisotopic (exact) mass is 257 g/mol. The van der Waals surface area contributed by atoms with E-state index in [0.29, 0.717) is 23.8 Å². The summed E-state index contributed by atoms with van der Waals surface area (Å²) in [6.07, 6.45) is 1.65. The van der Waals surface area contributed by atoms with Crippen molar-refractivity contribution in [3.8, 4) is 0 Å². The summed E-state index contributed by atoms with van der Waals surface area (Å²) in [5.41, 5.74) is 7.46. The van der Waals surface area contributed by atoms with Gasteiger partial charge in [0, 0.05) is 0 Å². The standard InChI is InChI=1S/C13H12FN5/c1-8-17-12(15)11-6-16-19(13(11)18-8)7-9-2-4-10(14)5-3-9/h2-6H,7H2,1H3,(H2,15,17,18). The van der Waals surface area contributed by atoms with E-state index in [0.717, 1.165) is 10.9 Å². The smallest absolute Gasteiger partial charge is 0.163 e. The largest absolute Gasteiger partial charge is 0.383 e. The lowest BCUT2D eigenvalue weighted by atomic mass is 10.2. The van der Waals surface area contributed by atoms with E-state index in [1.54, 1.807) is 29.9 Å². The number of aromatic nitrogens is 4. The maximum atomic E-state index is 12.9. The summed E-state index contributed by atoms with van der Waals surface area (Å²) < 4.78 is 14.6. The SMILES string of the molecule is Cc1nc(N)c2cnn(Cc3ccc(F)cc3)c2n1. The zero-order valence-electron chi connectivity index (χ0n) is 10.3. The maximum absolute atomic E-state index is 12.9. The molecule has 3 aromatic rings. The first-order chi connectivity index (χ1) is 9.13. The summed E-state index contributed by atoms with van der Waals surface area (Å²) >= 11 is 0. The van der Waals surface area contributed by atoms with Crippen molar-refractivity contribution in [1.82, 2.24) is 19.7 Å². The Balaban J connectivity index is 2.03. The fraction of sp³-hybridized carbons (Fsp3) is 0.154. The van der Waals surface area contributed by atoms with Crippen LogP contribution in [0.4, 0.5) is 10.2 Å². The molecule has 5 nitrogen and oxygen atoms in total. The van der Waals surface area contributed by atoms with Gasteiger partial charge in [0.25, 0.3) is 0 Å². The molecule has 0 radical (unpaired) electrons. The third-order valence-electron chi connectivity index (χ3n) is 2.88. The minimum absolute atomic E-state index is 0.253. The Hall–Kier alpha value is -2.50. The third kappa shape index (κ3) is 2.12. The Morgan fingerprint density at radius 3 is 2.68 bits per heavy atom. The zero-order valence-corrected chi connectivity index (χ0v) is 10.3. The molecule has 0 bridgehead atoms. The number of nitrogen functional groups attached to an aromatic ring is 1. The average molecular weight is 257 g/mol. The Kier molecular flexibility index (Phi) is 2.63. The highest BCUT2D eigenvalue weighted by atomic mass is 19.1. The van der Waals surface area contributed by atoms with Crippen LogP contribution in [0.5, 0.6) is 0 Å². The van der Waals surface area contributed by atoms with E-state index in [4.69, 9.17) is 5.73 Å². The van der Waals surface area contributed by atoms with Crippen LogP contribution in [-0.4, -0.2) is 19.7 Å². The van der Waals surface area contributed by atoms with Gasteiger partial charge in [-0.05, 0) is 24.6 Å². The highest BCUT2D eigenvalue weighted by Gasteiger charge is 2.09. The van der Waals surface area contributed by atoms with Crippen LogP contribution in [0, 0.1) is 12.7 Å². The average Bonchev–Trinajstić information content (AvgIpc) is 2.76. The lowest BCUT2D eigenvalue weighted by Crippen LogP contribution is -2.04. The van der Waals surface area contributed by atoms with Gasteiger partial charge in [-0.1, -0.05) is 12.1 Å². The van der Waals surface area contributed by atoms with Crippen LogP contribution in [0.3, 0.4) is 0 Å². The molecule has 0 aliphatic carbocycles. The number of rotatable bonds is 2. The van der Waals surface area contributed by atoms with Gasteiger partial charge in [-0.2, -0.15) is 5.10 Å². The molecule has 96 valence electrons. The van der Waals surface area contributed by atoms with E-state index < -0.39 is 0 Å². The van der Waals surface area contributed by atoms with E-state index in [1.165, 1.54) is 12.1 Å². The van der Waals surface area contributed by atoms with Crippen molar-refractivity contribution >= 4 is 16.9 Å². The van der Waals surface area contributed by atoms with Crippen LogP contribution in [0.2, 0.25) is 0 Å². The predicted molar refractivity (Wildman–Crippen MR) is 70.0 cm³/mol. The zero-order chi connectivity index (χ0) is 13.4. The summed E-state index contributed by atoms with van der Waals surface area (Å²) in [5, 5.41) is 4.98. The van der Waals surface area contributed by atoms with E-state index in [1.807, 2.05) is 0 Å². The van der Waals surface area contributed by atoms with Gasteiger partial charge in [-0.15, -0.1) is 0 Å². The molecule has 0 fully saturated rings. The minimum Gasteiger partial charge on any atom is -0.383 e. The molecule has 0 amide bonds. The van der Waals surface area contributed by atoms with Crippen LogP contribution >= 0.6 is 0 Å². The van der Waals surface area contributed by atoms with E-state index in [2.05, 4.69) is 15.1 Å². The first kappa shape index (κ1) is 11.6. The fourth-order valence-electron chi connectivity index (χ4n) is 1.97. The normalized spacial score (nSPS) is 11.1. The summed E-state index contributed by atoms with van der Waals surface area (Å²) in [5.74, 6) is 0.773. The highest BCUT2D eigenvalue weighted by molar-refractivity contribution is 5.85. The van der Waals surface area contributed by atoms with Crippen LogP contribution in [0.25, 0.3) is 11.0 Å². The molecule has 6 heteroatoms. The molecule has 0 aliphatic rings. The Bertz CT molecular complexity index is 733. The van der Waals surface area contributed by atoms with Crippen molar-refractivity contribution in [1.29, 1.82) is 0 Å². The molecule has 0 saturated carbocycles. The quantitative estimate of drug-likeness (QED) is 0.761. The Labute approximate surface area is 108 Å². The molecule has 0 unspecified atom stereocenters. The number of aryl methyl sites for hydroxylation is 1. The summed E-state index contributed by atoms with van der Waals surface area (Å²) in [6.45, 7) is 2.30. The Morgan fingerprint density at radius 1 is 1.21 bits per heavy atom. The summed E-state index contributed by atoms with van der Waals surface area (Å²) in [6, 6.07) is 6.30. The molecular formula is C13H12FN5. The first-order valence-electron chi connectivity index (χ1n) is 5.83. The van der Waals surface area contributed by atoms with E-state index >= 15 is 0 Å². The lowest BCUT2D eigenvalue weighted by molar-refractivity contribution is 0.625. The molecule has 2 N–H and O–H groups in total. The topological polar surface area (TPSA) is 69.6 Å². The van der Waals surface area contributed by atoms with Gasteiger partial charge in [-0.3, -0.25) is 0 Å². The van der Waals surface area contributed by atoms with E-state index in [-0.39, 0.29) is 5.82 Å². The molecule has 1 aromatic carbocycles. The Morgan fingerprint density at radius 2 is 1.95 bits per heavy atom. The summed E-state index contributed by atoms with van der Waals surface area (Å²) in [4.78, 5) is 8.44. The van der Waals surface area contributed by atoms with Crippen molar-refractivity contribution in [3.63, 3.8) is 0 Å². The molecule has 19 heavy (non-hydrogen) atoms. The second-order valence-electron chi connectivity index (χ2n) is 4.32. The molecule has 0 atom stereocenters. The number of hydrogen-bond acceptors (Lipinski definition) is 4. The number of nitrogens with two attached hydrogens (primary N) is 1. The number of hydrogen-bond donors (Lipinski definition) is 1. The van der Waals surface area contributed by atoms with Crippen LogP contribution in [0.15, 0.2) is 30.5 Å². The van der Waals surface area contributed by atoms with Gasteiger partial charge >= 0.3 is 0 Å². The summed E-state index contributed by atoms with van der Waals surface area (Å²) in [7, 11) is 0. The molecule has 3 rings (SSSR count). The predicted octanol–water partition coefficient (Wildman–Crippen LogP) is 1.90. The van der Waals surface area contributed by atoms with Crippen LogP contribution in [0.1, 0.15) is 11.4 Å². The second kappa shape index (κ2) is 4.31. The van der Waals surface area contributed by atoms with Crippen molar-refractivity contribution in [3.05, 3.63) is 47.7 Å². The van der Waals surface area contributed by atoms with Gasteiger partial charge in [0.2, 0.25) is 0 Å². The molecule has 2 heterocycles. The fourth-order valence-corrected chi connectivity index (χ4v) is 1.97. The highest BCUT2D eigenvalue weighted by Crippen LogP contribution is 2.18. The van der Waals surface area contributed by atoms with Crippen LogP contribution in [-0.2, 0) is 6.54 Å². The van der Waals surface area contributed by atoms with Gasteiger partial charge in [0.1, 0.15) is 17.5 Å². The van der Waals surface area contributed by atoms with Gasteiger partial charge < -0.3 is 5.73 Å². The number of anilines is 1. The molecule has 0 aliphatic heterocycles. The number of fused-ring (bicyclic) bond motifs is 1. The van der Waals surface area contributed by atoms with Crippen LogP contribution < -0.4 is 5.73 Å². The molecule has 2 aromatic heterocycles. The molecule has 0 saturated heterocycles. The minimum atomic E-state index is -0.253. The second-order valence-corrected chi connectivity index (χ2v) is 4.32. The number of nitrogens with zero attached hydrogens (tertiary/aromatic N) is 4. The maximum Gasteiger partial charge on any atom is 0.163 e. The van der Waals surface area contributed by atoms with Gasteiger partial charge in [0.05, 0.1) is 18.1 Å². The molecule has 0 spiro atoms. The van der Waals surface area contributed by atoms with Crippen molar-refractivity contribution in [2.75, 3.05) is 5.73 Å². The van der Waals surface area contributed by atoms with E-state index in [9.17, 15) is 4.39 Å². The third-order valence-corrected chi connectivity index (χ3v) is 2.88.